The van der Waals surface area contributed by atoms with Crippen molar-refractivity contribution in [3.05, 3.63) is 45.8 Å². The molecule has 1 amide bonds. The zero-order valence-corrected chi connectivity index (χ0v) is 16.9. The zero-order chi connectivity index (χ0) is 19.4. The number of ether oxygens (including phenoxy) is 1. The number of rotatable bonds is 6. The van der Waals surface area contributed by atoms with Crippen LogP contribution in [0.15, 0.2) is 24.3 Å². The van der Waals surface area contributed by atoms with Gasteiger partial charge in [0.05, 0.1) is 18.7 Å². The Morgan fingerprint density at radius 2 is 2.15 bits per heavy atom. The smallest absolute Gasteiger partial charge is 0.341 e. The number of hydrogen-bond acceptors (Lipinski definition) is 5. The fourth-order valence-electron chi connectivity index (χ4n) is 3.37. The molecule has 1 atom stereocenters. The minimum atomic E-state index is -0.341. The Morgan fingerprint density at radius 3 is 2.89 bits per heavy atom. The molecule has 0 bridgehead atoms. The molecule has 0 fully saturated rings. The summed E-state index contributed by atoms with van der Waals surface area (Å²) in [6.45, 7) is 6.49. The van der Waals surface area contributed by atoms with E-state index >= 15 is 0 Å². The standard InChI is InChI=1S/C21H26N2O3S/c1-4-26-21(25)19-16-9-8-14(3)11-17(16)27-20(19)23-18(24)12-22-15-7-5-6-13(2)10-15/h5-7,10,14,22H,4,8-9,11-12H2,1-3H3,(H,23,24)/t14-/m1/s1. The number of benzene rings is 1. The number of anilines is 2. The van der Waals surface area contributed by atoms with Crippen molar-refractivity contribution in [2.24, 2.45) is 5.92 Å². The number of thiophene rings is 1. The summed E-state index contributed by atoms with van der Waals surface area (Å²) in [5.74, 6) is 0.0814. The van der Waals surface area contributed by atoms with E-state index in [-0.39, 0.29) is 18.4 Å². The molecule has 6 heteroatoms. The van der Waals surface area contributed by atoms with Crippen LogP contribution in [0, 0.1) is 12.8 Å². The van der Waals surface area contributed by atoms with Gasteiger partial charge in [0.2, 0.25) is 5.91 Å². The van der Waals surface area contributed by atoms with Crippen molar-refractivity contribution >= 4 is 33.9 Å². The molecular weight excluding hydrogens is 360 g/mol. The molecule has 0 saturated heterocycles. The van der Waals surface area contributed by atoms with Crippen LogP contribution in [0.3, 0.4) is 0 Å². The van der Waals surface area contributed by atoms with Crippen LogP contribution in [-0.4, -0.2) is 25.0 Å². The normalized spacial score (nSPS) is 15.7. The van der Waals surface area contributed by atoms with Crippen LogP contribution in [0.1, 0.15) is 46.6 Å². The summed E-state index contributed by atoms with van der Waals surface area (Å²) in [6, 6.07) is 7.87. The Kier molecular flexibility index (Phi) is 6.16. The number of nitrogens with one attached hydrogen (secondary N) is 2. The third kappa shape index (κ3) is 4.69. The third-order valence-electron chi connectivity index (χ3n) is 4.72. The van der Waals surface area contributed by atoms with Crippen molar-refractivity contribution in [2.75, 3.05) is 23.8 Å². The summed E-state index contributed by atoms with van der Waals surface area (Å²) in [5.41, 5.74) is 3.63. The van der Waals surface area contributed by atoms with Crippen LogP contribution in [0.25, 0.3) is 0 Å². The predicted octanol–water partition coefficient (Wildman–Crippen LogP) is 4.41. The highest BCUT2D eigenvalue weighted by atomic mass is 32.1. The molecule has 1 heterocycles. The molecule has 2 N–H and O–H groups in total. The Bertz CT molecular complexity index is 844. The van der Waals surface area contributed by atoms with E-state index in [4.69, 9.17) is 4.74 Å². The van der Waals surface area contributed by atoms with Gasteiger partial charge in [-0.3, -0.25) is 4.79 Å². The predicted molar refractivity (Wildman–Crippen MR) is 110 cm³/mol. The molecule has 0 radical (unpaired) electrons. The Hall–Kier alpha value is -2.34. The van der Waals surface area contributed by atoms with Crippen LogP contribution in [0.5, 0.6) is 0 Å². The quantitative estimate of drug-likeness (QED) is 0.722. The van der Waals surface area contributed by atoms with Gasteiger partial charge in [-0.1, -0.05) is 19.1 Å². The van der Waals surface area contributed by atoms with Gasteiger partial charge in [0.25, 0.3) is 0 Å². The van der Waals surface area contributed by atoms with Crippen LogP contribution < -0.4 is 10.6 Å². The Morgan fingerprint density at radius 1 is 1.33 bits per heavy atom. The van der Waals surface area contributed by atoms with E-state index in [1.165, 1.54) is 16.2 Å². The molecule has 2 aromatic rings. The van der Waals surface area contributed by atoms with Crippen LogP contribution in [0.4, 0.5) is 10.7 Å². The van der Waals surface area contributed by atoms with Gasteiger partial charge >= 0.3 is 5.97 Å². The van der Waals surface area contributed by atoms with E-state index in [0.717, 1.165) is 36.1 Å². The lowest BCUT2D eigenvalue weighted by atomic mass is 9.88. The molecule has 0 aliphatic heterocycles. The first-order valence-corrected chi connectivity index (χ1v) is 10.2. The van der Waals surface area contributed by atoms with E-state index in [0.29, 0.717) is 23.1 Å². The lowest BCUT2D eigenvalue weighted by Gasteiger charge is -2.18. The average Bonchev–Trinajstić information content (AvgIpc) is 2.97. The maximum Gasteiger partial charge on any atom is 0.341 e. The van der Waals surface area contributed by atoms with E-state index in [2.05, 4.69) is 17.6 Å². The largest absolute Gasteiger partial charge is 0.462 e. The molecule has 0 unspecified atom stereocenters. The Labute approximate surface area is 164 Å². The molecule has 3 rings (SSSR count). The second kappa shape index (κ2) is 8.57. The highest BCUT2D eigenvalue weighted by molar-refractivity contribution is 7.17. The first kappa shape index (κ1) is 19.4. The molecule has 0 spiro atoms. The van der Waals surface area contributed by atoms with Gasteiger partial charge in [-0.15, -0.1) is 11.3 Å². The van der Waals surface area contributed by atoms with Crippen molar-refractivity contribution in [1.29, 1.82) is 0 Å². The molecule has 5 nitrogen and oxygen atoms in total. The highest BCUT2D eigenvalue weighted by Gasteiger charge is 2.29. The van der Waals surface area contributed by atoms with Crippen molar-refractivity contribution in [2.45, 2.75) is 40.0 Å². The molecule has 0 saturated carbocycles. The van der Waals surface area contributed by atoms with Gasteiger partial charge in [-0.2, -0.15) is 0 Å². The van der Waals surface area contributed by atoms with E-state index in [1.807, 2.05) is 31.2 Å². The molecule has 1 aliphatic rings. The maximum absolute atomic E-state index is 12.5. The average molecular weight is 387 g/mol. The molecule has 1 aliphatic carbocycles. The second-order valence-corrected chi connectivity index (χ2v) is 8.15. The van der Waals surface area contributed by atoms with E-state index < -0.39 is 0 Å². The molecular formula is C21H26N2O3S. The molecule has 1 aromatic heterocycles. The van der Waals surface area contributed by atoms with Crippen molar-refractivity contribution in [1.82, 2.24) is 0 Å². The number of fused-ring (bicyclic) bond motifs is 1. The number of esters is 1. The lowest BCUT2D eigenvalue weighted by Crippen LogP contribution is -2.22. The summed E-state index contributed by atoms with van der Waals surface area (Å²) in [5, 5.41) is 6.66. The summed E-state index contributed by atoms with van der Waals surface area (Å²) in [4.78, 5) is 26.2. The molecule has 27 heavy (non-hydrogen) atoms. The monoisotopic (exact) mass is 386 g/mol. The maximum atomic E-state index is 12.5. The van der Waals surface area contributed by atoms with Gasteiger partial charge in [0.1, 0.15) is 5.00 Å². The van der Waals surface area contributed by atoms with Gasteiger partial charge in [-0.25, -0.2) is 4.79 Å². The Balaban J connectivity index is 1.75. The van der Waals surface area contributed by atoms with E-state index in [1.54, 1.807) is 6.92 Å². The van der Waals surface area contributed by atoms with Gasteiger partial charge in [-0.05, 0) is 62.3 Å². The fraction of sp³-hybridized carbons (Fsp3) is 0.429. The SMILES string of the molecule is CCOC(=O)c1c(NC(=O)CNc2cccc(C)c2)sc2c1CC[C@@H](C)C2. The van der Waals surface area contributed by atoms with Gasteiger partial charge in [0, 0.05) is 10.6 Å². The molecule has 1 aromatic carbocycles. The second-order valence-electron chi connectivity index (χ2n) is 7.05. The van der Waals surface area contributed by atoms with Gasteiger partial charge < -0.3 is 15.4 Å². The van der Waals surface area contributed by atoms with Crippen molar-refractivity contribution in [3.63, 3.8) is 0 Å². The first-order valence-electron chi connectivity index (χ1n) is 9.40. The van der Waals surface area contributed by atoms with Crippen molar-refractivity contribution in [3.8, 4) is 0 Å². The number of amides is 1. The third-order valence-corrected chi connectivity index (χ3v) is 5.89. The minimum absolute atomic E-state index is 0.144. The van der Waals surface area contributed by atoms with Crippen molar-refractivity contribution < 1.29 is 14.3 Å². The summed E-state index contributed by atoms with van der Waals surface area (Å²) < 4.78 is 5.24. The number of hydrogen-bond donors (Lipinski definition) is 2. The number of aryl methyl sites for hydroxylation is 1. The van der Waals surface area contributed by atoms with Crippen LogP contribution in [-0.2, 0) is 22.4 Å². The zero-order valence-electron chi connectivity index (χ0n) is 16.1. The van der Waals surface area contributed by atoms with E-state index in [9.17, 15) is 9.59 Å². The number of carbonyl (C=O) groups excluding carboxylic acids is 2. The topological polar surface area (TPSA) is 67.4 Å². The number of carbonyl (C=O) groups is 2. The van der Waals surface area contributed by atoms with Crippen LogP contribution >= 0.6 is 11.3 Å². The highest BCUT2D eigenvalue weighted by Crippen LogP contribution is 2.40. The van der Waals surface area contributed by atoms with Crippen LogP contribution in [0.2, 0.25) is 0 Å². The lowest BCUT2D eigenvalue weighted by molar-refractivity contribution is -0.114. The molecule has 144 valence electrons. The summed E-state index contributed by atoms with van der Waals surface area (Å²) in [6.07, 6.45) is 2.86. The summed E-state index contributed by atoms with van der Waals surface area (Å²) in [7, 11) is 0. The summed E-state index contributed by atoms with van der Waals surface area (Å²) >= 11 is 1.51. The van der Waals surface area contributed by atoms with Gasteiger partial charge in [0.15, 0.2) is 0 Å². The first-order chi connectivity index (χ1) is 13.0. The minimum Gasteiger partial charge on any atom is -0.462 e. The fourth-order valence-corrected chi connectivity index (χ4v) is 4.78.